The van der Waals surface area contributed by atoms with Crippen molar-refractivity contribution in [3.63, 3.8) is 0 Å². The number of aliphatic hydroxyl groups excluding tert-OH is 1. The monoisotopic (exact) mass is 333 g/mol. The fraction of sp³-hybridized carbons (Fsp3) is 0.632. The molecule has 3 unspecified atom stereocenters. The van der Waals surface area contributed by atoms with Gasteiger partial charge in [-0.25, -0.2) is 4.79 Å². The lowest BCUT2D eigenvalue weighted by atomic mass is 10.1. The van der Waals surface area contributed by atoms with E-state index in [-0.39, 0.29) is 24.1 Å². The Morgan fingerprint density at radius 1 is 1.29 bits per heavy atom. The van der Waals surface area contributed by atoms with Crippen molar-refractivity contribution in [3.8, 4) is 0 Å². The van der Waals surface area contributed by atoms with Gasteiger partial charge in [0.1, 0.15) is 0 Å². The molecule has 0 spiro atoms. The molecule has 1 saturated carbocycles. The van der Waals surface area contributed by atoms with Crippen molar-refractivity contribution in [1.82, 2.24) is 15.1 Å². The molecule has 1 aromatic rings. The first-order valence-corrected chi connectivity index (χ1v) is 8.88. The molecular weight excluding hydrogens is 302 g/mol. The van der Waals surface area contributed by atoms with E-state index in [0.29, 0.717) is 6.54 Å². The summed E-state index contributed by atoms with van der Waals surface area (Å²) in [6, 6.07) is 10.3. The number of nitrogens with one attached hydrogen (secondary N) is 1. The fourth-order valence-electron chi connectivity index (χ4n) is 3.46. The van der Waals surface area contributed by atoms with E-state index in [9.17, 15) is 9.90 Å². The van der Waals surface area contributed by atoms with E-state index < -0.39 is 0 Å². The Bertz CT molecular complexity index is 509. The van der Waals surface area contributed by atoms with E-state index in [1.807, 2.05) is 25.1 Å². The molecular formula is C19H31N3O2. The summed E-state index contributed by atoms with van der Waals surface area (Å²) in [4.78, 5) is 16.2. The zero-order chi connectivity index (χ0) is 17.5. The number of carbonyl (C=O) groups is 1. The number of benzene rings is 1. The van der Waals surface area contributed by atoms with Crippen molar-refractivity contribution in [2.75, 3.05) is 27.2 Å². The number of carbonyl (C=O) groups excluding carboxylic acids is 1. The van der Waals surface area contributed by atoms with Crippen LogP contribution in [-0.2, 0) is 6.54 Å². The smallest absolute Gasteiger partial charge is 0.317 e. The second kappa shape index (κ2) is 9.04. The van der Waals surface area contributed by atoms with E-state index in [4.69, 9.17) is 0 Å². The molecule has 0 aliphatic heterocycles. The van der Waals surface area contributed by atoms with Gasteiger partial charge in [-0.15, -0.1) is 0 Å². The normalized spacial score (nSPS) is 21.7. The minimum Gasteiger partial charge on any atom is -0.393 e. The number of aliphatic hydroxyl groups is 1. The molecule has 2 amide bonds. The largest absolute Gasteiger partial charge is 0.393 e. The molecule has 0 heterocycles. The van der Waals surface area contributed by atoms with Crippen LogP contribution in [0.3, 0.4) is 0 Å². The van der Waals surface area contributed by atoms with Gasteiger partial charge in [-0.05, 0) is 32.4 Å². The predicted molar refractivity (Wildman–Crippen MR) is 96.7 cm³/mol. The quantitative estimate of drug-likeness (QED) is 0.805. The molecule has 1 aliphatic carbocycles. The first-order valence-electron chi connectivity index (χ1n) is 8.88. The molecule has 0 aromatic heterocycles. The molecule has 0 saturated heterocycles. The van der Waals surface area contributed by atoms with Crippen molar-refractivity contribution in [2.45, 2.75) is 44.9 Å². The van der Waals surface area contributed by atoms with Crippen molar-refractivity contribution in [3.05, 3.63) is 35.9 Å². The maximum atomic E-state index is 12.3. The standard InChI is InChI=1S/C19H31N3O2/c1-15(12-21(2)13-16-8-5-4-6-9-16)20-19(24)22(3)14-17-10-7-11-18(17)23/h4-6,8-9,15,17-18,23H,7,10-14H2,1-3H3,(H,20,24). The molecule has 5 nitrogen and oxygen atoms in total. The number of amides is 2. The number of urea groups is 1. The Morgan fingerprint density at radius 3 is 2.62 bits per heavy atom. The van der Waals surface area contributed by atoms with Crippen LogP contribution in [0.2, 0.25) is 0 Å². The van der Waals surface area contributed by atoms with Gasteiger partial charge in [-0.2, -0.15) is 0 Å². The number of hydrogen-bond donors (Lipinski definition) is 2. The van der Waals surface area contributed by atoms with Crippen LogP contribution in [0.5, 0.6) is 0 Å². The van der Waals surface area contributed by atoms with E-state index in [1.54, 1.807) is 11.9 Å². The molecule has 1 aromatic carbocycles. The van der Waals surface area contributed by atoms with Crippen LogP contribution in [0.15, 0.2) is 30.3 Å². The highest BCUT2D eigenvalue weighted by Crippen LogP contribution is 2.25. The maximum Gasteiger partial charge on any atom is 0.317 e. The second-order valence-electron chi connectivity index (χ2n) is 7.17. The summed E-state index contributed by atoms with van der Waals surface area (Å²) in [5, 5.41) is 12.9. The molecule has 24 heavy (non-hydrogen) atoms. The van der Waals surface area contributed by atoms with Crippen LogP contribution in [0.1, 0.15) is 31.7 Å². The first-order chi connectivity index (χ1) is 11.5. The van der Waals surface area contributed by atoms with E-state index >= 15 is 0 Å². The summed E-state index contributed by atoms with van der Waals surface area (Å²) in [5.74, 6) is 0.219. The highest BCUT2D eigenvalue weighted by Gasteiger charge is 2.27. The van der Waals surface area contributed by atoms with Gasteiger partial charge in [0, 0.05) is 38.6 Å². The molecule has 0 radical (unpaired) electrons. The van der Waals surface area contributed by atoms with Crippen molar-refractivity contribution in [1.29, 1.82) is 0 Å². The highest BCUT2D eigenvalue weighted by molar-refractivity contribution is 5.74. The summed E-state index contributed by atoms with van der Waals surface area (Å²) in [7, 11) is 3.87. The topological polar surface area (TPSA) is 55.8 Å². The van der Waals surface area contributed by atoms with Gasteiger partial charge in [0.2, 0.25) is 0 Å². The summed E-state index contributed by atoms with van der Waals surface area (Å²) in [6.45, 7) is 4.31. The first kappa shape index (κ1) is 18.7. The number of nitrogens with zero attached hydrogens (tertiary/aromatic N) is 2. The fourth-order valence-corrected chi connectivity index (χ4v) is 3.46. The molecule has 134 valence electrons. The van der Waals surface area contributed by atoms with E-state index in [0.717, 1.165) is 32.4 Å². The Balaban J connectivity index is 1.72. The third-order valence-corrected chi connectivity index (χ3v) is 4.72. The Hall–Kier alpha value is -1.59. The summed E-state index contributed by atoms with van der Waals surface area (Å²) in [5.41, 5.74) is 1.27. The predicted octanol–water partition coefficient (Wildman–Crippen LogP) is 2.31. The molecule has 1 aliphatic rings. The highest BCUT2D eigenvalue weighted by atomic mass is 16.3. The molecule has 3 atom stereocenters. The number of likely N-dealkylation sites (N-methyl/N-ethyl adjacent to an activating group) is 1. The van der Waals surface area contributed by atoms with Gasteiger partial charge in [-0.1, -0.05) is 36.8 Å². The maximum absolute atomic E-state index is 12.3. The zero-order valence-corrected chi connectivity index (χ0v) is 15.1. The molecule has 1 fully saturated rings. The lowest BCUT2D eigenvalue weighted by Gasteiger charge is -2.27. The van der Waals surface area contributed by atoms with Crippen LogP contribution < -0.4 is 5.32 Å². The third-order valence-electron chi connectivity index (χ3n) is 4.72. The summed E-state index contributed by atoms with van der Waals surface area (Å²) < 4.78 is 0. The van der Waals surface area contributed by atoms with Crippen LogP contribution in [0.4, 0.5) is 4.79 Å². The lowest BCUT2D eigenvalue weighted by molar-refractivity contribution is 0.113. The molecule has 0 bridgehead atoms. The van der Waals surface area contributed by atoms with Gasteiger partial charge in [0.15, 0.2) is 0 Å². The molecule has 2 N–H and O–H groups in total. The lowest BCUT2D eigenvalue weighted by Crippen LogP contribution is -2.47. The molecule has 5 heteroatoms. The summed E-state index contributed by atoms with van der Waals surface area (Å²) in [6.07, 6.45) is 2.67. The third kappa shape index (κ3) is 5.80. The number of hydrogen-bond acceptors (Lipinski definition) is 3. The Kier molecular flexibility index (Phi) is 7.06. The van der Waals surface area contributed by atoms with Gasteiger partial charge < -0.3 is 20.2 Å². The van der Waals surface area contributed by atoms with E-state index in [1.165, 1.54) is 5.56 Å². The number of rotatable bonds is 7. The van der Waals surface area contributed by atoms with E-state index in [2.05, 4.69) is 29.4 Å². The van der Waals surface area contributed by atoms with Gasteiger partial charge >= 0.3 is 6.03 Å². The van der Waals surface area contributed by atoms with Crippen molar-refractivity contribution in [2.24, 2.45) is 5.92 Å². The average Bonchev–Trinajstić information content (AvgIpc) is 2.93. The Labute approximate surface area is 145 Å². The minimum absolute atomic E-state index is 0.0605. The van der Waals surface area contributed by atoms with Crippen molar-refractivity contribution < 1.29 is 9.90 Å². The van der Waals surface area contributed by atoms with Crippen LogP contribution >= 0.6 is 0 Å². The van der Waals surface area contributed by atoms with Crippen LogP contribution in [0.25, 0.3) is 0 Å². The second-order valence-corrected chi connectivity index (χ2v) is 7.17. The Morgan fingerprint density at radius 2 is 2.00 bits per heavy atom. The van der Waals surface area contributed by atoms with Crippen LogP contribution in [-0.4, -0.2) is 60.3 Å². The van der Waals surface area contributed by atoms with Crippen LogP contribution in [0, 0.1) is 5.92 Å². The zero-order valence-electron chi connectivity index (χ0n) is 15.1. The SMILES string of the molecule is CC(CN(C)Cc1ccccc1)NC(=O)N(C)CC1CCCC1O. The van der Waals surface area contributed by atoms with Gasteiger partial charge in [-0.3, -0.25) is 0 Å². The average molecular weight is 333 g/mol. The minimum atomic E-state index is -0.255. The van der Waals surface area contributed by atoms with Gasteiger partial charge in [0.25, 0.3) is 0 Å². The molecule has 2 rings (SSSR count). The van der Waals surface area contributed by atoms with Gasteiger partial charge in [0.05, 0.1) is 6.10 Å². The van der Waals surface area contributed by atoms with Crippen molar-refractivity contribution >= 4 is 6.03 Å². The summed E-state index contributed by atoms with van der Waals surface area (Å²) >= 11 is 0.